The van der Waals surface area contributed by atoms with Crippen LogP contribution >= 0.6 is 0 Å². The molecule has 0 bridgehead atoms. The van der Waals surface area contributed by atoms with Crippen molar-refractivity contribution in [3.05, 3.63) is 60.2 Å². The molecule has 1 aliphatic rings. The minimum atomic E-state index is 0.726. The summed E-state index contributed by atoms with van der Waals surface area (Å²) in [5.41, 5.74) is 1.48. The summed E-state index contributed by atoms with van der Waals surface area (Å²) in [5.74, 6) is 0.726. The van der Waals surface area contributed by atoms with Gasteiger partial charge in [-0.1, -0.05) is 73.9 Å². The maximum atomic E-state index is 2.31. The highest BCUT2D eigenvalue weighted by Gasteiger charge is 2.02. The van der Waals surface area contributed by atoms with E-state index in [9.17, 15) is 0 Å². The van der Waals surface area contributed by atoms with E-state index >= 15 is 0 Å². The first-order valence-electron chi connectivity index (χ1n) is 6.84. The van der Waals surface area contributed by atoms with Gasteiger partial charge in [0.15, 0.2) is 0 Å². The molecule has 1 aromatic rings. The third-order valence-corrected chi connectivity index (χ3v) is 3.42. The minimum absolute atomic E-state index is 0.726. The second-order valence-electron chi connectivity index (χ2n) is 4.87. The predicted molar refractivity (Wildman–Crippen MR) is 75.0 cm³/mol. The van der Waals surface area contributed by atoms with Crippen molar-refractivity contribution in [2.75, 3.05) is 0 Å². The summed E-state index contributed by atoms with van der Waals surface area (Å²) in [7, 11) is 0. The zero-order valence-corrected chi connectivity index (χ0v) is 10.5. The topological polar surface area (TPSA) is 0 Å². The molecule has 0 radical (unpaired) electrons. The van der Waals surface area contributed by atoms with Gasteiger partial charge in [-0.3, -0.25) is 0 Å². The van der Waals surface area contributed by atoms with Crippen LogP contribution in [-0.2, 0) is 6.42 Å². The van der Waals surface area contributed by atoms with E-state index < -0.39 is 0 Å². The third-order valence-electron chi connectivity index (χ3n) is 3.42. The smallest absolute Gasteiger partial charge is 0.00473 e. The molecule has 17 heavy (non-hydrogen) atoms. The van der Waals surface area contributed by atoms with Gasteiger partial charge in [0.05, 0.1) is 0 Å². The van der Waals surface area contributed by atoms with Crippen LogP contribution in [0.15, 0.2) is 54.6 Å². The number of hydrogen-bond donors (Lipinski definition) is 0. The maximum absolute atomic E-state index is 2.31. The van der Waals surface area contributed by atoms with Gasteiger partial charge in [0.1, 0.15) is 0 Å². The predicted octanol–water partition coefficient (Wildman–Crippen LogP) is 4.92. The molecule has 0 fully saturated rings. The van der Waals surface area contributed by atoms with Crippen LogP contribution in [0.25, 0.3) is 0 Å². The Hall–Kier alpha value is -1.30. The van der Waals surface area contributed by atoms with Crippen molar-refractivity contribution in [2.45, 2.75) is 38.5 Å². The van der Waals surface area contributed by atoms with E-state index in [0.717, 1.165) is 5.92 Å². The van der Waals surface area contributed by atoms with Crippen molar-refractivity contribution < 1.29 is 0 Å². The molecule has 0 heterocycles. The molecule has 0 nitrogen and oxygen atoms in total. The first-order chi connectivity index (χ1) is 8.45. The zero-order valence-electron chi connectivity index (χ0n) is 10.5. The molecule has 0 heteroatoms. The summed E-state index contributed by atoms with van der Waals surface area (Å²) < 4.78 is 0. The van der Waals surface area contributed by atoms with Crippen molar-refractivity contribution in [1.82, 2.24) is 0 Å². The maximum Gasteiger partial charge on any atom is -0.00473 e. The fourth-order valence-electron chi connectivity index (χ4n) is 2.38. The number of benzene rings is 1. The lowest BCUT2D eigenvalue weighted by molar-refractivity contribution is 0.581. The van der Waals surface area contributed by atoms with Crippen LogP contribution in [0, 0.1) is 5.92 Å². The summed E-state index contributed by atoms with van der Waals surface area (Å²) in [5, 5.41) is 0. The van der Waals surface area contributed by atoms with Crippen molar-refractivity contribution in [3.63, 3.8) is 0 Å². The van der Waals surface area contributed by atoms with Gasteiger partial charge in [0, 0.05) is 0 Å². The van der Waals surface area contributed by atoms with Gasteiger partial charge in [0.2, 0.25) is 0 Å². The average molecular weight is 226 g/mol. The normalized spacial score (nSPS) is 14.6. The van der Waals surface area contributed by atoms with Crippen molar-refractivity contribution in [1.29, 1.82) is 0 Å². The molecular weight excluding hydrogens is 204 g/mol. The van der Waals surface area contributed by atoms with Crippen LogP contribution in [-0.4, -0.2) is 0 Å². The second-order valence-corrected chi connectivity index (χ2v) is 4.87. The van der Waals surface area contributed by atoms with Crippen LogP contribution in [0.5, 0.6) is 0 Å². The third kappa shape index (κ3) is 4.60. The molecule has 0 atom stereocenters. The first kappa shape index (κ1) is 12.2. The Balaban J connectivity index is 1.49. The van der Waals surface area contributed by atoms with Crippen LogP contribution in [0.2, 0.25) is 0 Å². The number of aryl methyl sites for hydroxylation is 1. The van der Waals surface area contributed by atoms with Gasteiger partial charge in [-0.05, 0) is 30.7 Å². The molecule has 90 valence electrons. The number of hydrogen-bond acceptors (Lipinski definition) is 0. The molecule has 0 saturated carbocycles. The molecule has 0 amide bonds. The zero-order chi connectivity index (χ0) is 11.8. The molecular formula is C17H22. The molecule has 2 rings (SSSR count). The van der Waals surface area contributed by atoms with E-state index in [2.05, 4.69) is 54.6 Å². The molecule has 0 aromatic heterocycles. The van der Waals surface area contributed by atoms with Crippen LogP contribution in [0.4, 0.5) is 0 Å². The second kappa shape index (κ2) is 7.11. The fourth-order valence-corrected chi connectivity index (χ4v) is 2.38. The number of allylic oxidation sites excluding steroid dienone is 4. The number of rotatable bonds is 7. The molecule has 0 saturated heterocycles. The van der Waals surface area contributed by atoms with Gasteiger partial charge >= 0.3 is 0 Å². The van der Waals surface area contributed by atoms with Crippen molar-refractivity contribution in [2.24, 2.45) is 5.92 Å². The summed E-state index contributed by atoms with van der Waals surface area (Å²) in [4.78, 5) is 0. The Kier molecular flexibility index (Phi) is 5.09. The SMILES string of the molecule is C1=CC(CCCCCCc2ccccc2)C=C1. The van der Waals surface area contributed by atoms with E-state index in [-0.39, 0.29) is 0 Å². The van der Waals surface area contributed by atoms with E-state index in [1.54, 1.807) is 0 Å². The number of unbranched alkanes of at least 4 members (excludes halogenated alkanes) is 3. The Labute approximate surface area is 105 Å². The average Bonchev–Trinajstić information content (AvgIpc) is 2.88. The molecule has 1 aromatic carbocycles. The Morgan fingerprint density at radius 1 is 0.765 bits per heavy atom. The summed E-state index contributed by atoms with van der Waals surface area (Å²) in [6.07, 6.45) is 17.0. The van der Waals surface area contributed by atoms with Crippen LogP contribution in [0.3, 0.4) is 0 Å². The van der Waals surface area contributed by atoms with Gasteiger partial charge in [-0.2, -0.15) is 0 Å². The summed E-state index contributed by atoms with van der Waals surface area (Å²) >= 11 is 0. The molecule has 0 N–H and O–H groups in total. The Bertz CT molecular complexity index is 347. The van der Waals surface area contributed by atoms with Crippen LogP contribution < -0.4 is 0 Å². The monoisotopic (exact) mass is 226 g/mol. The van der Waals surface area contributed by atoms with Crippen molar-refractivity contribution >= 4 is 0 Å². The lowest BCUT2D eigenvalue weighted by Crippen LogP contribution is -1.90. The van der Waals surface area contributed by atoms with E-state index in [1.807, 2.05) is 0 Å². The highest BCUT2D eigenvalue weighted by Crippen LogP contribution is 2.17. The lowest BCUT2D eigenvalue weighted by Gasteiger charge is -2.05. The van der Waals surface area contributed by atoms with E-state index in [4.69, 9.17) is 0 Å². The largest absolute Gasteiger partial charge is 0.0776 e. The molecule has 1 aliphatic carbocycles. The standard InChI is InChI=1S/C17H22/c1(2-5-11-17-14-8-9-15-17)4-10-16-12-6-3-7-13-16/h3,6-9,12-15,17H,1-2,4-5,10-11H2. The first-order valence-corrected chi connectivity index (χ1v) is 6.84. The fraction of sp³-hybridized carbons (Fsp3) is 0.412. The van der Waals surface area contributed by atoms with Crippen LogP contribution in [0.1, 0.15) is 37.7 Å². The molecule has 0 spiro atoms. The van der Waals surface area contributed by atoms with E-state index in [1.165, 1.54) is 44.1 Å². The van der Waals surface area contributed by atoms with Gasteiger partial charge < -0.3 is 0 Å². The highest BCUT2D eigenvalue weighted by molar-refractivity contribution is 5.17. The Morgan fingerprint density at radius 3 is 2.24 bits per heavy atom. The minimum Gasteiger partial charge on any atom is -0.0776 e. The Morgan fingerprint density at radius 2 is 1.47 bits per heavy atom. The highest BCUT2D eigenvalue weighted by atomic mass is 14.1. The van der Waals surface area contributed by atoms with Crippen molar-refractivity contribution in [3.8, 4) is 0 Å². The van der Waals surface area contributed by atoms with Gasteiger partial charge in [0.25, 0.3) is 0 Å². The molecule has 0 aliphatic heterocycles. The van der Waals surface area contributed by atoms with Gasteiger partial charge in [-0.15, -0.1) is 0 Å². The lowest BCUT2D eigenvalue weighted by atomic mass is 10.0. The molecule has 0 unspecified atom stereocenters. The van der Waals surface area contributed by atoms with E-state index in [0.29, 0.717) is 0 Å². The summed E-state index contributed by atoms with van der Waals surface area (Å²) in [6, 6.07) is 10.8. The summed E-state index contributed by atoms with van der Waals surface area (Å²) in [6.45, 7) is 0. The van der Waals surface area contributed by atoms with Gasteiger partial charge in [-0.25, -0.2) is 0 Å². The quantitative estimate of drug-likeness (QED) is 0.579.